The molecule has 1 aliphatic carbocycles. The van der Waals surface area contributed by atoms with Gasteiger partial charge in [-0.3, -0.25) is 0 Å². The van der Waals surface area contributed by atoms with Crippen LogP contribution in [0.1, 0.15) is 37.2 Å². The molecule has 0 aliphatic heterocycles. The van der Waals surface area contributed by atoms with Crippen LogP contribution in [0.5, 0.6) is 17.2 Å². The fourth-order valence-electron chi connectivity index (χ4n) is 3.44. The molecule has 0 amide bonds. The third kappa shape index (κ3) is 4.11. The SMILES string of the molecule is COc1ccc(S(=O)(=O)N[C@H]2CC[C@@H](c3ccc(O)cc3O)CC2)cc1. The second kappa shape index (κ2) is 7.55. The molecule has 3 rings (SSSR count). The van der Waals surface area contributed by atoms with E-state index in [9.17, 15) is 18.6 Å². The fraction of sp³-hybridized carbons (Fsp3) is 0.368. The van der Waals surface area contributed by atoms with E-state index in [1.807, 2.05) is 0 Å². The highest BCUT2D eigenvalue weighted by Gasteiger charge is 2.27. The standard InChI is InChI=1S/C19H23NO5S/c1-25-16-7-9-17(10-8-16)26(23,24)20-14-4-2-13(3-5-14)18-11-6-15(21)12-19(18)22/h6-14,20-22H,2-5H2,1H3/t13-,14+. The van der Waals surface area contributed by atoms with Gasteiger partial charge in [-0.25, -0.2) is 13.1 Å². The summed E-state index contributed by atoms with van der Waals surface area (Å²) in [6, 6.07) is 10.8. The predicted octanol–water partition coefficient (Wildman–Crippen LogP) is 3.11. The number of rotatable bonds is 5. The minimum atomic E-state index is -3.57. The molecule has 3 N–H and O–H groups in total. The zero-order chi connectivity index (χ0) is 18.7. The minimum Gasteiger partial charge on any atom is -0.508 e. The maximum atomic E-state index is 12.5. The summed E-state index contributed by atoms with van der Waals surface area (Å²) < 4.78 is 32.9. The Morgan fingerprint density at radius 2 is 1.65 bits per heavy atom. The number of phenols is 2. The Morgan fingerprint density at radius 3 is 2.23 bits per heavy atom. The second-order valence-electron chi connectivity index (χ2n) is 6.59. The van der Waals surface area contributed by atoms with Crippen molar-refractivity contribution >= 4 is 10.0 Å². The number of benzene rings is 2. The van der Waals surface area contributed by atoms with Crippen LogP contribution < -0.4 is 9.46 Å². The summed E-state index contributed by atoms with van der Waals surface area (Å²) in [6.45, 7) is 0. The lowest BCUT2D eigenvalue weighted by Crippen LogP contribution is -2.37. The van der Waals surface area contributed by atoms with Gasteiger partial charge in [0.1, 0.15) is 17.2 Å². The van der Waals surface area contributed by atoms with E-state index in [2.05, 4.69) is 4.72 Å². The average molecular weight is 377 g/mol. The number of nitrogens with one attached hydrogen (secondary N) is 1. The van der Waals surface area contributed by atoms with Crippen LogP contribution in [0.4, 0.5) is 0 Å². The molecule has 6 nitrogen and oxygen atoms in total. The van der Waals surface area contributed by atoms with Crippen molar-refractivity contribution in [1.82, 2.24) is 4.72 Å². The molecule has 2 aromatic rings. The van der Waals surface area contributed by atoms with Crippen molar-refractivity contribution in [2.75, 3.05) is 7.11 Å². The van der Waals surface area contributed by atoms with E-state index in [0.29, 0.717) is 18.6 Å². The number of ether oxygens (including phenoxy) is 1. The number of aromatic hydroxyl groups is 2. The maximum Gasteiger partial charge on any atom is 0.240 e. The molecule has 0 heterocycles. The van der Waals surface area contributed by atoms with Crippen LogP contribution in [0.15, 0.2) is 47.4 Å². The molecule has 2 aromatic carbocycles. The van der Waals surface area contributed by atoms with Gasteiger partial charge in [0.15, 0.2) is 0 Å². The molecule has 0 saturated heterocycles. The highest BCUT2D eigenvalue weighted by molar-refractivity contribution is 7.89. The molecule has 26 heavy (non-hydrogen) atoms. The van der Waals surface area contributed by atoms with Crippen molar-refractivity contribution in [2.24, 2.45) is 0 Å². The molecular weight excluding hydrogens is 354 g/mol. The van der Waals surface area contributed by atoms with Gasteiger partial charge in [-0.1, -0.05) is 6.07 Å². The summed E-state index contributed by atoms with van der Waals surface area (Å²) in [5.74, 6) is 0.898. The molecule has 140 valence electrons. The van der Waals surface area contributed by atoms with Gasteiger partial charge in [-0.15, -0.1) is 0 Å². The van der Waals surface area contributed by atoms with Gasteiger partial charge in [0.05, 0.1) is 12.0 Å². The molecule has 0 unspecified atom stereocenters. The monoisotopic (exact) mass is 377 g/mol. The first-order chi connectivity index (χ1) is 12.4. The van der Waals surface area contributed by atoms with E-state index in [4.69, 9.17) is 4.74 Å². The van der Waals surface area contributed by atoms with Gasteiger partial charge in [0, 0.05) is 12.1 Å². The third-order valence-electron chi connectivity index (χ3n) is 4.87. The van der Waals surface area contributed by atoms with Crippen molar-refractivity contribution in [3.8, 4) is 17.2 Å². The molecule has 1 aliphatic rings. The smallest absolute Gasteiger partial charge is 0.240 e. The maximum absolute atomic E-state index is 12.5. The number of phenolic OH excluding ortho intramolecular Hbond substituents is 2. The van der Waals surface area contributed by atoms with Crippen LogP contribution in [0, 0.1) is 0 Å². The van der Waals surface area contributed by atoms with Crippen molar-refractivity contribution in [1.29, 1.82) is 0 Å². The largest absolute Gasteiger partial charge is 0.508 e. The quantitative estimate of drug-likeness (QED) is 0.744. The van der Waals surface area contributed by atoms with E-state index in [1.54, 1.807) is 24.3 Å². The molecule has 0 radical (unpaired) electrons. The Bertz CT molecular complexity index is 856. The van der Waals surface area contributed by atoms with Gasteiger partial charge >= 0.3 is 0 Å². The number of methoxy groups -OCH3 is 1. The average Bonchev–Trinajstić information content (AvgIpc) is 2.62. The Hall–Kier alpha value is -2.25. The first kappa shape index (κ1) is 18.5. The van der Waals surface area contributed by atoms with E-state index < -0.39 is 10.0 Å². The van der Waals surface area contributed by atoms with Crippen LogP contribution in [0.25, 0.3) is 0 Å². The Kier molecular flexibility index (Phi) is 5.38. The van der Waals surface area contributed by atoms with Crippen molar-refractivity contribution in [3.05, 3.63) is 48.0 Å². The summed E-state index contributed by atoms with van der Waals surface area (Å²) in [5, 5.41) is 19.4. The summed E-state index contributed by atoms with van der Waals surface area (Å²) >= 11 is 0. The number of sulfonamides is 1. The molecule has 1 saturated carbocycles. The topological polar surface area (TPSA) is 95.9 Å². The highest BCUT2D eigenvalue weighted by Crippen LogP contribution is 2.38. The third-order valence-corrected chi connectivity index (χ3v) is 6.41. The van der Waals surface area contributed by atoms with E-state index >= 15 is 0 Å². The molecule has 0 aromatic heterocycles. The normalized spacial score (nSPS) is 20.7. The highest BCUT2D eigenvalue weighted by atomic mass is 32.2. The van der Waals surface area contributed by atoms with Crippen LogP contribution in [-0.2, 0) is 10.0 Å². The van der Waals surface area contributed by atoms with E-state index in [1.165, 1.54) is 25.3 Å². The first-order valence-electron chi connectivity index (χ1n) is 8.57. The Balaban J connectivity index is 1.62. The summed E-state index contributed by atoms with van der Waals surface area (Å²) in [4.78, 5) is 0.219. The molecule has 0 spiro atoms. The lowest BCUT2D eigenvalue weighted by Gasteiger charge is -2.29. The fourth-order valence-corrected chi connectivity index (χ4v) is 4.75. The summed E-state index contributed by atoms with van der Waals surface area (Å²) in [7, 11) is -2.03. The minimum absolute atomic E-state index is 0.0344. The predicted molar refractivity (Wildman–Crippen MR) is 98.1 cm³/mol. The zero-order valence-electron chi connectivity index (χ0n) is 14.6. The van der Waals surface area contributed by atoms with Gasteiger partial charge in [0.25, 0.3) is 0 Å². The van der Waals surface area contributed by atoms with Crippen LogP contribution in [0.2, 0.25) is 0 Å². The summed E-state index contributed by atoms with van der Waals surface area (Å²) in [5.41, 5.74) is 0.805. The zero-order valence-corrected chi connectivity index (χ0v) is 15.4. The number of hydrogen-bond donors (Lipinski definition) is 3. The molecule has 1 fully saturated rings. The Morgan fingerprint density at radius 1 is 1.00 bits per heavy atom. The lowest BCUT2D eigenvalue weighted by atomic mass is 9.81. The van der Waals surface area contributed by atoms with E-state index in [0.717, 1.165) is 18.4 Å². The lowest BCUT2D eigenvalue weighted by molar-refractivity contribution is 0.362. The van der Waals surface area contributed by atoms with Gasteiger partial charge in [-0.2, -0.15) is 0 Å². The van der Waals surface area contributed by atoms with Crippen molar-refractivity contribution in [2.45, 2.75) is 42.5 Å². The van der Waals surface area contributed by atoms with E-state index in [-0.39, 0.29) is 28.4 Å². The molecule has 0 bridgehead atoms. The van der Waals surface area contributed by atoms with Crippen LogP contribution in [0.3, 0.4) is 0 Å². The van der Waals surface area contributed by atoms with Gasteiger partial charge < -0.3 is 14.9 Å². The molecule has 7 heteroatoms. The Labute approximate surface area is 153 Å². The number of hydrogen-bond acceptors (Lipinski definition) is 5. The van der Waals surface area contributed by atoms with Crippen molar-refractivity contribution < 1.29 is 23.4 Å². The first-order valence-corrected chi connectivity index (χ1v) is 10.1. The van der Waals surface area contributed by atoms with Crippen LogP contribution in [-0.4, -0.2) is 31.8 Å². The summed E-state index contributed by atoms with van der Waals surface area (Å²) in [6.07, 6.45) is 2.93. The molecule has 0 atom stereocenters. The van der Waals surface area contributed by atoms with Crippen LogP contribution >= 0.6 is 0 Å². The second-order valence-corrected chi connectivity index (χ2v) is 8.30. The molecular formula is C19H23NO5S. The van der Waals surface area contributed by atoms with Crippen molar-refractivity contribution in [3.63, 3.8) is 0 Å². The van der Waals surface area contributed by atoms with Gasteiger partial charge in [-0.05, 0) is 67.5 Å². The van der Waals surface area contributed by atoms with Gasteiger partial charge in [0.2, 0.25) is 10.0 Å².